The zero-order chi connectivity index (χ0) is 24.0. The first-order valence-corrected chi connectivity index (χ1v) is 12.5. The van der Waals surface area contributed by atoms with Gasteiger partial charge in [-0.1, -0.05) is 24.3 Å². The Morgan fingerprint density at radius 3 is 2.51 bits per heavy atom. The van der Waals surface area contributed by atoms with Crippen LogP contribution in [0.2, 0.25) is 0 Å². The molecule has 0 aromatic heterocycles. The minimum absolute atomic E-state index is 0.320. The molecule has 3 aromatic carbocycles. The van der Waals surface area contributed by atoms with Crippen LogP contribution in [0, 0.1) is 5.82 Å². The summed E-state index contributed by atoms with van der Waals surface area (Å²) in [5.74, 6) is 0.0611. The third-order valence-corrected chi connectivity index (χ3v) is 6.77. The number of nitrogens with zero attached hydrogens (tertiary/aromatic N) is 2. The summed E-state index contributed by atoms with van der Waals surface area (Å²) >= 11 is 0. The van der Waals surface area contributed by atoms with Gasteiger partial charge in [-0.3, -0.25) is 9.69 Å². The number of hydrogen-bond acceptors (Lipinski definition) is 5. The lowest BCUT2D eigenvalue weighted by Crippen LogP contribution is -2.38. The van der Waals surface area contributed by atoms with Gasteiger partial charge >= 0.3 is 0 Å². The Bertz CT molecular complexity index is 1170. The monoisotopic (exact) mass is 477 g/mol. The number of hydrogen-bond donors (Lipinski definition) is 1. The molecule has 1 N–H and O–H groups in total. The van der Waals surface area contributed by atoms with Gasteiger partial charge in [-0.15, -0.1) is 0 Å². The number of ether oxygens (including phenoxy) is 2. The van der Waals surface area contributed by atoms with E-state index in [1.54, 1.807) is 6.07 Å². The molecule has 3 aromatic rings. The fourth-order valence-corrected chi connectivity index (χ4v) is 4.85. The molecule has 35 heavy (non-hydrogen) atoms. The highest BCUT2D eigenvalue weighted by Gasteiger charge is 2.17. The molecule has 2 aliphatic rings. The normalized spacial score (nSPS) is 16.9. The molecule has 1 amide bonds. The highest BCUT2D eigenvalue weighted by molar-refractivity contribution is 6.10. The van der Waals surface area contributed by atoms with Crippen LogP contribution < -0.4 is 15.0 Å². The maximum atomic E-state index is 14.4. The number of morpholine rings is 1. The Kier molecular flexibility index (Phi) is 7.45. The summed E-state index contributed by atoms with van der Waals surface area (Å²) in [5, 5.41) is 4.81. The standard InChI is InChI=1S/C28H32FN3O3/c29-22-18-21(19-23(20-22)32-10-4-1-5-11-32)28(33)30-26-8-9-27(25-7-3-2-6-24(25)26)35-17-14-31-12-15-34-16-13-31/h2-3,6-9,18-20H,1,4-5,10-17H2,(H,30,33). The number of benzene rings is 3. The van der Waals surface area contributed by atoms with Crippen molar-refractivity contribution in [3.63, 3.8) is 0 Å². The summed E-state index contributed by atoms with van der Waals surface area (Å²) in [6.45, 7) is 6.59. The van der Waals surface area contributed by atoms with Gasteiger partial charge in [0, 0.05) is 60.4 Å². The second-order valence-corrected chi connectivity index (χ2v) is 9.16. The summed E-state index contributed by atoms with van der Waals surface area (Å²) in [5.41, 5.74) is 1.76. The van der Waals surface area contributed by atoms with Crippen LogP contribution in [0.15, 0.2) is 54.6 Å². The molecule has 0 spiro atoms. The van der Waals surface area contributed by atoms with E-state index < -0.39 is 5.82 Å². The van der Waals surface area contributed by atoms with Crippen LogP contribution in [-0.2, 0) is 4.74 Å². The Balaban J connectivity index is 1.31. The molecule has 0 unspecified atom stereocenters. The van der Waals surface area contributed by atoms with Gasteiger partial charge in [-0.25, -0.2) is 4.39 Å². The molecular formula is C28H32FN3O3. The third kappa shape index (κ3) is 5.74. The van der Waals surface area contributed by atoms with E-state index in [0.29, 0.717) is 17.9 Å². The Labute approximate surface area is 205 Å². The van der Waals surface area contributed by atoms with E-state index in [2.05, 4.69) is 15.1 Å². The first kappa shape index (κ1) is 23.6. The zero-order valence-corrected chi connectivity index (χ0v) is 20.0. The second-order valence-electron chi connectivity index (χ2n) is 9.16. The summed E-state index contributed by atoms with van der Waals surface area (Å²) in [7, 11) is 0. The zero-order valence-electron chi connectivity index (χ0n) is 20.0. The van der Waals surface area contributed by atoms with Gasteiger partial charge in [0.2, 0.25) is 0 Å². The summed E-state index contributed by atoms with van der Waals surface area (Å²) in [6.07, 6.45) is 3.37. The van der Waals surface area contributed by atoms with Crippen molar-refractivity contribution in [1.82, 2.24) is 4.90 Å². The Morgan fingerprint density at radius 1 is 0.943 bits per heavy atom. The van der Waals surface area contributed by atoms with E-state index in [4.69, 9.17) is 9.47 Å². The molecule has 0 bridgehead atoms. The number of carbonyl (C=O) groups is 1. The fraction of sp³-hybridized carbons (Fsp3) is 0.393. The minimum Gasteiger partial charge on any atom is -0.492 e. The third-order valence-electron chi connectivity index (χ3n) is 6.77. The molecule has 184 valence electrons. The SMILES string of the molecule is O=C(Nc1ccc(OCCN2CCOCC2)c2ccccc12)c1cc(F)cc(N2CCCCC2)c1. The molecule has 2 aliphatic heterocycles. The lowest BCUT2D eigenvalue weighted by atomic mass is 10.1. The number of piperidine rings is 1. The molecule has 2 fully saturated rings. The number of anilines is 2. The van der Waals surface area contributed by atoms with E-state index in [-0.39, 0.29) is 5.91 Å². The lowest BCUT2D eigenvalue weighted by molar-refractivity contribution is 0.0323. The number of fused-ring (bicyclic) bond motifs is 1. The van der Waals surface area contributed by atoms with E-state index in [9.17, 15) is 9.18 Å². The largest absolute Gasteiger partial charge is 0.492 e. The van der Waals surface area contributed by atoms with Crippen molar-refractivity contribution in [3.05, 3.63) is 66.0 Å². The van der Waals surface area contributed by atoms with Gasteiger partial charge in [-0.05, 0) is 49.6 Å². The maximum absolute atomic E-state index is 14.4. The van der Waals surface area contributed by atoms with Crippen molar-refractivity contribution in [2.75, 3.05) is 62.8 Å². The molecule has 0 radical (unpaired) electrons. The molecule has 7 heteroatoms. The molecule has 0 aliphatic carbocycles. The number of halogens is 1. The van der Waals surface area contributed by atoms with Crippen molar-refractivity contribution in [2.24, 2.45) is 0 Å². The molecule has 6 nitrogen and oxygen atoms in total. The quantitative estimate of drug-likeness (QED) is 0.523. The highest BCUT2D eigenvalue weighted by Crippen LogP contribution is 2.32. The molecule has 2 saturated heterocycles. The summed E-state index contributed by atoms with van der Waals surface area (Å²) in [4.78, 5) is 17.6. The Hall–Kier alpha value is -3.16. The fourth-order valence-electron chi connectivity index (χ4n) is 4.85. The molecular weight excluding hydrogens is 445 g/mol. The number of amides is 1. The van der Waals surface area contributed by atoms with Crippen LogP contribution in [0.3, 0.4) is 0 Å². The number of carbonyl (C=O) groups excluding carboxylic acids is 1. The second kappa shape index (κ2) is 11.1. The van der Waals surface area contributed by atoms with Crippen molar-refractivity contribution in [1.29, 1.82) is 0 Å². The number of rotatable bonds is 7. The summed E-state index contributed by atoms with van der Waals surface area (Å²) in [6, 6.07) is 16.2. The summed E-state index contributed by atoms with van der Waals surface area (Å²) < 4.78 is 25.9. The maximum Gasteiger partial charge on any atom is 0.255 e. The lowest BCUT2D eigenvalue weighted by Gasteiger charge is -2.29. The smallest absolute Gasteiger partial charge is 0.255 e. The number of nitrogens with one attached hydrogen (secondary N) is 1. The van der Waals surface area contributed by atoms with Crippen molar-refractivity contribution in [2.45, 2.75) is 19.3 Å². The van der Waals surface area contributed by atoms with Gasteiger partial charge in [0.25, 0.3) is 5.91 Å². The average molecular weight is 478 g/mol. The molecule has 0 atom stereocenters. The van der Waals surface area contributed by atoms with Crippen LogP contribution >= 0.6 is 0 Å². The topological polar surface area (TPSA) is 54.0 Å². The van der Waals surface area contributed by atoms with E-state index >= 15 is 0 Å². The highest BCUT2D eigenvalue weighted by atomic mass is 19.1. The van der Waals surface area contributed by atoms with Crippen molar-refractivity contribution >= 4 is 28.1 Å². The first-order chi connectivity index (χ1) is 17.2. The van der Waals surface area contributed by atoms with Crippen LogP contribution in [0.4, 0.5) is 15.8 Å². The van der Waals surface area contributed by atoms with Crippen molar-refractivity contribution in [3.8, 4) is 5.75 Å². The minimum atomic E-state index is -0.396. The van der Waals surface area contributed by atoms with Crippen LogP contribution in [0.1, 0.15) is 29.6 Å². The predicted octanol–water partition coefficient (Wildman–Crippen LogP) is 4.93. The average Bonchev–Trinajstić information content (AvgIpc) is 2.90. The van der Waals surface area contributed by atoms with Gasteiger partial charge in [-0.2, -0.15) is 0 Å². The van der Waals surface area contributed by atoms with Crippen LogP contribution in [0.5, 0.6) is 5.75 Å². The van der Waals surface area contributed by atoms with Gasteiger partial charge in [0.1, 0.15) is 18.2 Å². The van der Waals surface area contributed by atoms with Crippen LogP contribution in [-0.4, -0.2) is 63.4 Å². The van der Waals surface area contributed by atoms with E-state index in [1.165, 1.54) is 18.6 Å². The predicted molar refractivity (Wildman–Crippen MR) is 137 cm³/mol. The van der Waals surface area contributed by atoms with Gasteiger partial charge in [0.05, 0.1) is 13.2 Å². The first-order valence-electron chi connectivity index (χ1n) is 12.5. The van der Waals surface area contributed by atoms with E-state index in [1.807, 2.05) is 36.4 Å². The molecule has 5 rings (SSSR count). The van der Waals surface area contributed by atoms with Gasteiger partial charge < -0.3 is 19.7 Å². The van der Waals surface area contributed by atoms with Crippen LogP contribution in [0.25, 0.3) is 10.8 Å². The van der Waals surface area contributed by atoms with Crippen molar-refractivity contribution < 1.29 is 18.7 Å². The van der Waals surface area contributed by atoms with E-state index in [0.717, 1.165) is 81.0 Å². The molecule has 0 saturated carbocycles. The Morgan fingerprint density at radius 2 is 1.71 bits per heavy atom. The van der Waals surface area contributed by atoms with Gasteiger partial charge in [0.15, 0.2) is 0 Å². The molecule has 2 heterocycles.